The summed E-state index contributed by atoms with van der Waals surface area (Å²) < 4.78 is 5.99. The van der Waals surface area contributed by atoms with Gasteiger partial charge in [0.25, 0.3) is 0 Å². The fourth-order valence-electron chi connectivity index (χ4n) is 1.33. The van der Waals surface area contributed by atoms with Gasteiger partial charge in [-0.3, -0.25) is 4.70 Å². The van der Waals surface area contributed by atoms with Crippen LogP contribution < -0.4 is 5.32 Å². The third kappa shape index (κ3) is 6.82. The molecule has 0 saturated heterocycles. The lowest BCUT2D eigenvalue weighted by Gasteiger charge is -1.97. The Labute approximate surface area is 151 Å². The lowest BCUT2D eigenvalue weighted by Crippen LogP contribution is -2.80. The molecule has 2 aromatic rings. The molecule has 0 aromatic carbocycles. The summed E-state index contributed by atoms with van der Waals surface area (Å²) in [5.41, 5.74) is 0.00579. The Morgan fingerprint density at radius 1 is 1.39 bits per heavy atom. The molecule has 1 atom stereocenters. The van der Waals surface area contributed by atoms with Gasteiger partial charge in [0.15, 0.2) is 17.2 Å². The maximum absolute atomic E-state index is 9.17. The Morgan fingerprint density at radius 3 is 2.48 bits per heavy atom. The van der Waals surface area contributed by atoms with E-state index in [2.05, 4.69) is 42.9 Å². The Balaban J connectivity index is 0. The molecular weight excluding hydrogens is 434 g/mol. The molecule has 0 saturated carbocycles. The SMILES string of the molecule is C[NH2+]C(C#N)c1ccco1.F.N#Cc1nc(Br)cc(Br)c1O.[B]. The molecule has 1 unspecified atom stereocenters. The van der Waals surface area contributed by atoms with Crippen LogP contribution in [-0.4, -0.2) is 25.6 Å². The number of nitrogens with two attached hydrogens (primary N) is 1. The summed E-state index contributed by atoms with van der Waals surface area (Å²) in [7, 11) is 1.84. The van der Waals surface area contributed by atoms with E-state index in [0.29, 0.717) is 14.8 Å². The summed E-state index contributed by atoms with van der Waals surface area (Å²) in [5, 5.41) is 28.0. The zero-order valence-corrected chi connectivity index (χ0v) is 15.1. The average Bonchev–Trinajstić information content (AvgIpc) is 2.99. The van der Waals surface area contributed by atoms with Crippen molar-refractivity contribution in [2.24, 2.45) is 0 Å². The van der Waals surface area contributed by atoms with Gasteiger partial charge in [0.05, 0.1) is 17.8 Å². The molecule has 10 heteroatoms. The van der Waals surface area contributed by atoms with Crippen LogP contribution in [0.2, 0.25) is 0 Å². The van der Waals surface area contributed by atoms with Crippen molar-refractivity contribution in [1.82, 2.24) is 4.98 Å². The van der Waals surface area contributed by atoms with Crippen LogP contribution in [0.25, 0.3) is 0 Å². The molecular formula is C13H12BBr2FN4O2+. The van der Waals surface area contributed by atoms with E-state index in [9.17, 15) is 0 Å². The van der Waals surface area contributed by atoms with E-state index in [4.69, 9.17) is 20.0 Å². The van der Waals surface area contributed by atoms with Gasteiger partial charge >= 0.3 is 0 Å². The first kappa shape index (κ1) is 23.4. The van der Waals surface area contributed by atoms with Crippen LogP contribution in [0, 0.1) is 22.7 Å². The summed E-state index contributed by atoms with van der Waals surface area (Å²) in [5.74, 6) is 0.584. The topological polar surface area (TPSA) is 110 Å². The Bertz CT molecular complexity index is 687. The number of quaternary nitrogens is 1. The molecule has 0 aliphatic carbocycles. The third-order valence-corrected chi connectivity index (χ3v) is 3.35. The fourth-order valence-corrected chi connectivity index (χ4v) is 2.44. The predicted octanol–water partition coefficient (Wildman–Crippen LogP) is 1.99. The highest BCUT2D eigenvalue weighted by Crippen LogP contribution is 2.28. The number of aromatic hydroxyl groups is 1. The Hall–Kier alpha value is -1.88. The van der Waals surface area contributed by atoms with E-state index in [-0.39, 0.29) is 30.6 Å². The molecule has 2 heterocycles. The molecule has 6 nitrogen and oxygen atoms in total. The number of rotatable bonds is 2. The molecule has 2 aromatic heterocycles. The van der Waals surface area contributed by atoms with Crippen LogP contribution in [0.3, 0.4) is 0 Å². The second-order valence-corrected chi connectivity index (χ2v) is 5.36. The number of nitriles is 2. The van der Waals surface area contributed by atoms with Gasteiger partial charge in [-0.15, -0.1) is 0 Å². The van der Waals surface area contributed by atoms with E-state index in [1.54, 1.807) is 35.8 Å². The van der Waals surface area contributed by atoms with Gasteiger partial charge in [-0.2, -0.15) is 10.5 Å². The van der Waals surface area contributed by atoms with Crippen LogP contribution >= 0.6 is 31.9 Å². The highest BCUT2D eigenvalue weighted by molar-refractivity contribution is 9.11. The van der Waals surface area contributed by atoms with Crippen molar-refractivity contribution in [2.75, 3.05) is 7.05 Å². The summed E-state index contributed by atoms with van der Waals surface area (Å²) in [4.78, 5) is 3.73. The van der Waals surface area contributed by atoms with Crippen LogP contribution in [0.5, 0.6) is 5.75 Å². The van der Waals surface area contributed by atoms with Crippen LogP contribution in [0.4, 0.5) is 4.70 Å². The molecule has 0 spiro atoms. The average molecular weight is 446 g/mol. The van der Waals surface area contributed by atoms with E-state index in [1.165, 1.54) is 0 Å². The largest absolute Gasteiger partial charge is 0.504 e. The molecule has 3 radical (unpaired) electrons. The first-order chi connectivity index (χ1) is 10.0. The molecule has 23 heavy (non-hydrogen) atoms. The van der Waals surface area contributed by atoms with Crippen molar-refractivity contribution in [2.45, 2.75) is 6.04 Å². The lowest BCUT2D eigenvalue weighted by atomic mass is 10.2. The zero-order valence-electron chi connectivity index (χ0n) is 11.9. The number of halogens is 3. The highest BCUT2D eigenvalue weighted by Gasteiger charge is 2.12. The quantitative estimate of drug-likeness (QED) is 0.542. The second kappa shape index (κ2) is 11.7. The Morgan fingerprint density at radius 2 is 2.04 bits per heavy atom. The van der Waals surface area contributed by atoms with Gasteiger partial charge in [-0.25, -0.2) is 4.98 Å². The number of aromatic nitrogens is 1. The predicted molar refractivity (Wildman–Crippen MR) is 89.2 cm³/mol. The maximum atomic E-state index is 9.17. The fraction of sp³-hybridized carbons (Fsp3) is 0.154. The minimum atomic E-state index is -0.199. The minimum Gasteiger partial charge on any atom is -0.504 e. The monoisotopic (exact) mass is 444 g/mol. The summed E-state index contributed by atoms with van der Waals surface area (Å²) in [6.07, 6.45) is 1.57. The maximum Gasteiger partial charge on any atom is 0.231 e. The number of hydrogen-bond acceptors (Lipinski definition) is 5. The van der Waals surface area contributed by atoms with Crippen LogP contribution in [0.15, 0.2) is 38.0 Å². The molecule has 0 bridgehead atoms. The lowest BCUT2D eigenvalue weighted by molar-refractivity contribution is -0.658. The summed E-state index contributed by atoms with van der Waals surface area (Å²) >= 11 is 6.15. The van der Waals surface area contributed by atoms with Gasteiger partial charge in [0.1, 0.15) is 16.7 Å². The van der Waals surface area contributed by atoms with E-state index >= 15 is 0 Å². The molecule has 3 N–H and O–H groups in total. The molecule has 0 amide bonds. The van der Waals surface area contributed by atoms with Crippen LogP contribution in [-0.2, 0) is 0 Å². The van der Waals surface area contributed by atoms with Crippen molar-refractivity contribution in [3.05, 3.63) is 45.0 Å². The Kier molecular flexibility index (Phi) is 11.9. The summed E-state index contributed by atoms with van der Waals surface area (Å²) in [6.45, 7) is 0. The number of pyridine rings is 1. The molecule has 119 valence electrons. The van der Waals surface area contributed by atoms with Crippen molar-refractivity contribution in [3.63, 3.8) is 0 Å². The van der Waals surface area contributed by atoms with E-state index < -0.39 is 0 Å². The molecule has 0 aliphatic heterocycles. The van der Waals surface area contributed by atoms with E-state index in [1.807, 2.05) is 7.05 Å². The van der Waals surface area contributed by atoms with Crippen molar-refractivity contribution in [1.29, 1.82) is 10.5 Å². The van der Waals surface area contributed by atoms with Crippen molar-refractivity contribution in [3.8, 4) is 17.9 Å². The van der Waals surface area contributed by atoms with Gasteiger partial charge in [0, 0.05) is 8.41 Å². The normalized spacial score (nSPS) is 9.78. The van der Waals surface area contributed by atoms with Gasteiger partial charge < -0.3 is 14.8 Å². The van der Waals surface area contributed by atoms with Crippen molar-refractivity contribution < 1.29 is 19.5 Å². The second-order valence-electron chi connectivity index (χ2n) is 3.69. The number of hydrogen-bond donors (Lipinski definition) is 2. The molecule has 2 rings (SSSR count). The molecule has 0 fully saturated rings. The van der Waals surface area contributed by atoms with Gasteiger partial charge in [-0.1, -0.05) is 0 Å². The molecule has 0 aliphatic rings. The minimum absolute atomic E-state index is 0. The highest BCUT2D eigenvalue weighted by atomic mass is 79.9. The number of nitrogens with zero attached hydrogens (tertiary/aromatic N) is 3. The smallest absolute Gasteiger partial charge is 0.231 e. The first-order valence-electron chi connectivity index (χ1n) is 5.71. The number of furan rings is 1. The third-order valence-electron chi connectivity index (χ3n) is 2.34. The summed E-state index contributed by atoms with van der Waals surface area (Å²) in [6, 6.07) is 8.81. The standard InChI is InChI=1S/C7H8N2O.C6H2Br2N2O.B.FH/c1-9-6(5-8)7-3-2-4-10-7;7-3-1-5(8)10-4(2-9)6(3)11;;/h2-4,6,9H,1H3;1,11H;;1H/p+1. The van der Waals surface area contributed by atoms with Crippen molar-refractivity contribution >= 4 is 40.3 Å². The zero-order chi connectivity index (χ0) is 15.8. The van der Waals surface area contributed by atoms with Gasteiger partial charge in [-0.05, 0) is 50.1 Å². The van der Waals surface area contributed by atoms with Gasteiger partial charge in [0.2, 0.25) is 6.04 Å². The van der Waals surface area contributed by atoms with Crippen LogP contribution in [0.1, 0.15) is 17.5 Å². The first-order valence-corrected chi connectivity index (χ1v) is 7.29. The van der Waals surface area contributed by atoms with E-state index in [0.717, 1.165) is 0 Å².